The number of hydrogen-bond acceptors (Lipinski definition) is 6. The second kappa shape index (κ2) is 4.78. The van der Waals surface area contributed by atoms with Crippen molar-refractivity contribution in [1.82, 2.24) is 20.0 Å². The standard InChI is InChI=1S/C9H11BrN6O2S/c1-15-9(8(10)13-14-15)19(17,18)16(2)7-3-4-12-5-6(7)11/h3-5H,11H2,1-2H3. The number of hydrogen-bond donors (Lipinski definition) is 1. The highest BCUT2D eigenvalue weighted by Crippen LogP contribution is 2.28. The van der Waals surface area contributed by atoms with Gasteiger partial charge >= 0.3 is 0 Å². The molecule has 2 N–H and O–H groups in total. The lowest BCUT2D eigenvalue weighted by atomic mass is 10.3. The van der Waals surface area contributed by atoms with Crippen molar-refractivity contribution in [2.75, 3.05) is 17.1 Å². The smallest absolute Gasteiger partial charge is 0.284 e. The first-order valence-electron chi connectivity index (χ1n) is 5.09. The normalized spacial score (nSPS) is 11.5. The van der Waals surface area contributed by atoms with Crippen molar-refractivity contribution < 1.29 is 8.42 Å². The van der Waals surface area contributed by atoms with E-state index in [1.54, 1.807) is 0 Å². The third-order valence-corrected chi connectivity index (χ3v) is 5.17. The molecule has 0 radical (unpaired) electrons. The predicted octanol–water partition coefficient (Wildman–Crippen LogP) is 0.380. The third-order valence-electron chi connectivity index (χ3n) is 2.51. The van der Waals surface area contributed by atoms with E-state index in [4.69, 9.17) is 5.73 Å². The number of sulfonamides is 1. The Morgan fingerprint density at radius 3 is 2.68 bits per heavy atom. The first-order chi connectivity index (χ1) is 8.85. The summed E-state index contributed by atoms with van der Waals surface area (Å²) in [5.74, 6) is 0. The maximum Gasteiger partial charge on any atom is 0.284 e. The van der Waals surface area contributed by atoms with Crippen LogP contribution < -0.4 is 10.0 Å². The number of nitrogen functional groups attached to an aromatic ring is 1. The van der Waals surface area contributed by atoms with Gasteiger partial charge in [0.15, 0.2) is 4.60 Å². The summed E-state index contributed by atoms with van der Waals surface area (Å²) in [4.78, 5) is 3.82. The van der Waals surface area contributed by atoms with Crippen molar-refractivity contribution in [3.05, 3.63) is 23.1 Å². The Morgan fingerprint density at radius 1 is 1.47 bits per heavy atom. The molecular weight excluding hydrogens is 336 g/mol. The van der Waals surface area contributed by atoms with Gasteiger partial charge in [0.2, 0.25) is 5.03 Å². The molecular formula is C9H11BrN6O2S. The fourth-order valence-corrected chi connectivity index (χ4v) is 3.79. The number of nitrogens with zero attached hydrogens (tertiary/aromatic N) is 5. The van der Waals surface area contributed by atoms with Gasteiger partial charge in [-0.05, 0) is 22.0 Å². The van der Waals surface area contributed by atoms with Crippen LogP contribution in [0.3, 0.4) is 0 Å². The van der Waals surface area contributed by atoms with E-state index in [2.05, 4.69) is 31.2 Å². The lowest BCUT2D eigenvalue weighted by Gasteiger charge is -2.20. The molecule has 0 bridgehead atoms. The monoisotopic (exact) mass is 346 g/mol. The molecule has 0 amide bonds. The van der Waals surface area contributed by atoms with Crippen molar-refractivity contribution in [3.8, 4) is 0 Å². The number of rotatable bonds is 3. The molecule has 0 aliphatic carbocycles. The van der Waals surface area contributed by atoms with Crippen LogP contribution in [0.2, 0.25) is 0 Å². The van der Waals surface area contributed by atoms with Crippen LogP contribution in [0.15, 0.2) is 28.1 Å². The minimum atomic E-state index is -3.82. The van der Waals surface area contributed by atoms with Crippen LogP contribution in [0.25, 0.3) is 0 Å². The largest absolute Gasteiger partial charge is 0.396 e. The van der Waals surface area contributed by atoms with Crippen LogP contribution in [-0.4, -0.2) is 35.4 Å². The van der Waals surface area contributed by atoms with E-state index in [0.717, 1.165) is 4.31 Å². The van der Waals surface area contributed by atoms with Crippen LogP contribution in [0.5, 0.6) is 0 Å². The molecule has 0 spiro atoms. The van der Waals surface area contributed by atoms with Gasteiger partial charge in [-0.3, -0.25) is 9.29 Å². The highest BCUT2D eigenvalue weighted by atomic mass is 79.9. The Hall–Kier alpha value is -1.68. The molecule has 2 aromatic heterocycles. The van der Waals surface area contributed by atoms with Gasteiger partial charge in [-0.2, -0.15) is 8.42 Å². The number of aryl methyl sites for hydroxylation is 1. The van der Waals surface area contributed by atoms with Gasteiger partial charge in [-0.1, -0.05) is 5.21 Å². The first kappa shape index (κ1) is 13.7. The summed E-state index contributed by atoms with van der Waals surface area (Å²) >= 11 is 3.07. The molecule has 0 atom stereocenters. The Bertz CT molecular complexity index is 694. The topological polar surface area (TPSA) is 107 Å². The van der Waals surface area contributed by atoms with Crippen molar-refractivity contribution >= 4 is 37.3 Å². The average Bonchev–Trinajstić information content (AvgIpc) is 2.69. The molecule has 0 aromatic carbocycles. The number of aromatic nitrogens is 4. The first-order valence-corrected chi connectivity index (χ1v) is 7.32. The molecule has 102 valence electrons. The van der Waals surface area contributed by atoms with Gasteiger partial charge < -0.3 is 5.73 Å². The molecule has 10 heteroatoms. The number of nitrogens with two attached hydrogens (primary N) is 1. The van der Waals surface area contributed by atoms with Crippen LogP contribution in [0.1, 0.15) is 0 Å². The van der Waals surface area contributed by atoms with Crippen LogP contribution >= 0.6 is 15.9 Å². The molecule has 0 unspecified atom stereocenters. The Labute approximate surface area is 118 Å². The zero-order chi connectivity index (χ0) is 14.2. The van der Waals surface area contributed by atoms with Gasteiger partial charge in [0.25, 0.3) is 10.0 Å². The van der Waals surface area contributed by atoms with Gasteiger partial charge in [0.1, 0.15) is 0 Å². The third kappa shape index (κ3) is 2.28. The molecule has 8 nitrogen and oxygen atoms in total. The molecule has 19 heavy (non-hydrogen) atoms. The summed E-state index contributed by atoms with van der Waals surface area (Å²) in [6.07, 6.45) is 2.85. The predicted molar refractivity (Wildman–Crippen MR) is 72.9 cm³/mol. The fraction of sp³-hybridized carbons (Fsp3) is 0.222. The average molecular weight is 347 g/mol. The van der Waals surface area contributed by atoms with Gasteiger partial charge in [-0.25, -0.2) is 4.68 Å². The van der Waals surface area contributed by atoms with E-state index in [0.29, 0.717) is 5.69 Å². The van der Waals surface area contributed by atoms with Gasteiger partial charge in [0.05, 0.1) is 17.6 Å². The van der Waals surface area contributed by atoms with Crippen molar-refractivity contribution in [1.29, 1.82) is 0 Å². The molecule has 2 rings (SSSR count). The summed E-state index contributed by atoms with van der Waals surface area (Å²) in [6, 6.07) is 1.52. The number of pyridine rings is 1. The lowest BCUT2D eigenvalue weighted by molar-refractivity contribution is 0.572. The molecule has 2 aromatic rings. The highest BCUT2D eigenvalue weighted by molar-refractivity contribution is 9.10. The van der Waals surface area contributed by atoms with Crippen LogP contribution in [-0.2, 0) is 17.1 Å². The molecule has 0 saturated heterocycles. The maximum absolute atomic E-state index is 12.5. The van der Waals surface area contributed by atoms with E-state index in [9.17, 15) is 8.42 Å². The molecule has 0 aliphatic rings. The lowest BCUT2D eigenvalue weighted by Crippen LogP contribution is -2.29. The SMILES string of the molecule is CN(c1ccncc1N)S(=O)(=O)c1c(Br)nnn1C. The van der Waals surface area contributed by atoms with E-state index < -0.39 is 10.0 Å². The Balaban J connectivity index is 2.55. The zero-order valence-corrected chi connectivity index (χ0v) is 12.6. The van der Waals surface area contributed by atoms with E-state index in [1.165, 1.54) is 37.2 Å². The number of halogens is 1. The summed E-state index contributed by atoms with van der Waals surface area (Å²) in [6.45, 7) is 0. The number of anilines is 2. The Kier molecular flexibility index (Phi) is 3.45. The summed E-state index contributed by atoms with van der Waals surface area (Å²) in [5.41, 5.74) is 6.33. The van der Waals surface area contributed by atoms with Crippen molar-refractivity contribution in [2.24, 2.45) is 7.05 Å². The van der Waals surface area contributed by atoms with Crippen LogP contribution in [0.4, 0.5) is 11.4 Å². The van der Waals surface area contributed by atoms with Crippen molar-refractivity contribution in [3.63, 3.8) is 0 Å². The van der Waals surface area contributed by atoms with E-state index in [1.807, 2.05) is 0 Å². The van der Waals surface area contributed by atoms with Crippen molar-refractivity contribution in [2.45, 2.75) is 5.03 Å². The molecule has 0 fully saturated rings. The molecule has 2 heterocycles. The van der Waals surface area contributed by atoms with Crippen LogP contribution in [0, 0.1) is 0 Å². The maximum atomic E-state index is 12.5. The second-order valence-electron chi connectivity index (χ2n) is 3.72. The zero-order valence-electron chi connectivity index (χ0n) is 10.1. The van der Waals surface area contributed by atoms with E-state index in [-0.39, 0.29) is 15.3 Å². The van der Waals surface area contributed by atoms with Gasteiger partial charge in [0, 0.05) is 20.3 Å². The second-order valence-corrected chi connectivity index (χ2v) is 6.35. The fourth-order valence-electron chi connectivity index (χ4n) is 1.54. The minimum Gasteiger partial charge on any atom is -0.396 e. The highest BCUT2D eigenvalue weighted by Gasteiger charge is 2.29. The summed E-state index contributed by atoms with van der Waals surface area (Å²) in [5, 5.41) is 7.26. The minimum absolute atomic E-state index is 0.0498. The summed E-state index contributed by atoms with van der Waals surface area (Å²) in [7, 11) is -0.918. The summed E-state index contributed by atoms with van der Waals surface area (Å²) < 4.78 is 27.4. The Morgan fingerprint density at radius 2 is 2.16 bits per heavy atom. The quantitative estimate of drug-likeness (QED) is 0.860. The molecule has 0 saturated carbocycles. The molecule has 0 aliphatic heterocycles. The van der Waals surface area contributed by atoms with Gasteiger partial charge in [-0.15, -0.1) is 5.10 Å². The van der Waals surface area contributed by atoms with E-state index >= 15 is 0 Å².